The van der Waals surface area contributed by atoms with E-state index >= 15 is 0 Å². The number of imidazole rings is 1. The molecule has 0 aromatic carbocycles. The van der Waals surface area contributed by atoms with Gasteiger partial charge in [0.2, 0.25) is 0 Å². The molecule has 1 atom stereocenters. The SMILES string of the molecule is Cn1cnc2c1CN(C[C@@H](O)CNC(=O)c1cc(CC3COC3)ncn1)CC2. The van der Waals surface area contributed by atoms with Crippen molar-refractivity contribution in [2.24, 2.45) is 13.0 Å². The lowest BCUT2D eigenvalue weighted by Crippen LogP contribution is -2.42. The van der Waals surface area contributed by atoms with E-state index in [1.807, 2.05) is 17.9 Å². The highest BCUT2D eigenvalue weighted by Gasteiger charge is 2.23. The number of hydrogen-bond donors (Lipinski definition) is 2. The van der Waals surface area contributed by atoms with Crippen molar-refractivity contribution in [2.75, 3.05) is 32.8 Å². The number of rotatable bonds is 7. The fourth-order valence-corrected chi connectivity index (χ4v) is 3.62. The standard InChI is InChI=1S/C19H26N6O3/c1-24-12-23-16-2-3-25(8-18(16)24)7-15(26)6-20-19(27)17-5-14(21-11-22-17)4-13-9-28-10-13/h5,11-13,15,26H,2-4,6-10H2,1H3,(H,20,27)/t15-/m0/s1. The third-order valence-electron chi connectivity index (χ3n) is 5.31. The van der Waals surface area contributed by atoms with Crippen molar-refractivity contribution < 1.29 is 14.6 Å². The average molecular weight is 386 g/mol. The summed E-state index contributed by atoms with van der Waals surface area (Å²) >= 11 is 0. The number of aliphatic hydroxyl groups excluding tert-OH is 1. The maximum absolute atomic E-state index is 12.4. The first-order valence-electron chi connectivity index (χ1n) is 9.65. The van der Waals surface area contributed by atoms with Gasteiger partial charge in [-0.3, -0.25) is 9.69 Å². The minimum absolute atomic E-state index is 0.184. The molecule has 2 aliphatic heterocycles. The van der Waals surface area contributed by atoms with Crippen molar-refractivity contribution in [1.82, 2.24) is 29.7 Å². The van der Waals surface area contributed by atoms with Gasteiger partial charge in [0.25, 0.3) is 5.91 Å². The lowest BCUT2D eigenvalue weighted by Gasteiger charge is -2.28. The number of amides is 1. The molecule has 4 heterocycles. The van der Waals surface area contributed by atoms with Gasteiger partial charge in [-0.15, -0.1) is 0 Å². The molecule has 1 saturated heterocycles. The molecule has 9 heteroatoms. The Bertz CT molecular complexity index is 835. The second-order valence-electron chi connectivity index (χ2n) is 7.60. The normalized spacial score (nSPS) is 18.4. The molecule has 1 amide bonds. The van der Waals surface area contributed by atoms with Gasteiger partial charge in [0.1, 0.15) is 12.0 Å². The van der Waals surface area contributed by atoms with Crippen molar-refractivity contribution in [3.63, 3.8) is 0 Å². The molecule has 0 spiro atoms. The first-order valence-corrected chi connectivity index (χ1v) is 9.65. The molecular weight excluding hydrogens is 360 g/mol. The molecular formula is C19H26N6O3. The Morgan fingerprint density at radius 1 is 1.39 bits per heavy atom. The van der Waals surface area contributed by atoms with Gasteiger partial charge >= 0.3 is 0 Å². The van der Waals surface area contributed by atoms with Crippen molar-refractivity contribution in [3.8, 4) is 0 Å². The van der Waals surface area contributed by atoms with E-state index in [1.54, 1.807) is 6.07 Å². The number of nitrogens with zero attached hydrogens (tertiary/aromatic N) is 5. The van der Waals surface area contributed by atoms with E-state index in [0.29, 0.717) is 18.2 Å². The Morgan fingerprint density at radius 3 is 3.04 bits per heavy atom. The summed E-state index contributed by atoms with van der Waals surface area (Å²) in [5.74, 6) is 0.178. The van der Waals surface area contributed by atoms with Crippen LogP contribution in [0.15, 0.2) is 18.7 Å². The maximum atomic E-state index is 12.4. The number of fused-ring (bicyclic) bond motifs is 1. The number of aliphatic hydroxyl groups is 1. The summed E-state index contributed by atoms with van der Waals surface area (Å²) in [6.45, 7) is 3.79. The van der Waals surface area contributed by atoms with Crippen LogP contribution in [0.3, 0.4) is 0 Å². The fraction of sp³-hybridized carbons (Fsp3) is 0.579. The van der Waals surface area contributed by atoms with E-state index < -0.39 is 6.10 Å². The Kier molecular flexibility index (Phi) is 5.65. The molecule has 1 fully saturated rings. The van der Waals surface area contributed by atoms with Crippen molar-refractivity contribution in [2.45, 2.75) is 25.5 Å². The molecule has 0 aliphatic carbocycles. The topological polar surface area (TPSA) is 105 Å². The van der Waals surface area contributed by atoms with Gasteiger partial charge in [0.05, 0.1) is 37.0 Å². The van der Waals surface area contributed by atoms with Gasteiger partial charge in [0.15, 0.2) is 0 Å². The lowest BCUT2D eigenvalue weighted by atomic mass is 10.0. The van der Waals surface area contributed by atoms with Crippen LogP contribution in [0.2, 0.25) is 0 Å². The third-order valence-corrected chi connectivity index (χ3v) is 5.31. The maximum Gasteiger partial charge on any atom is 0.270 e. The van der Waals surface area contributed by atoms with Crippen LogP contribution in [0.25, 0.3) is 0 Å². The first-order chi connectivity index (χ1) is 13.6. The predicted molar refractivity (Wildman–Crippen MR) is 101 cm³/mol. The zero-order valence-corrected chi connectivity index (χ0v) is 16.0. The highest BCUT2D eigenvalue weighted by molar-refractivity contribution is 5.92. The second kappa shape index (κ2) is 8.34. The van der Waals surface area contributed by atoms with Gasteiger partial charge in [-0.05, 0) is 12.5 Å². The zero-order valence-electron chi connectivity index (χ0n) is 16.0. The summed E-state index contributed by atoms with van der Waals surface area (Å²) in [6.07, 6.45) is 4.27. The summed E-state index contributed by atoms with van der Waals surface area (Å²) in [5.41, 5.74) is 3.49. The predicted octanol–water partition coefficient (Wildman–Crippen LogP) is -0.452. The van der Waals surface area contributed by atoms with Crippen LogP contribution in [0.5, 0.6) is 0 Å². The Hall–Kier alpha value is -2.36. The van der Waals surface area contributed by atoms with Crippen LogP contribution in [-0.4, -0.2) is 74.4 Å². The molecule has 0 unspecified atom stereocenters. The van der Waals surface area contributed by atoms with Gasteiger partial charge in [-0.1, -0.05) is 0 Å². The Morgan fingerprint density at radius 2 is 2.25 bits per heavy atom. The molecule has 28 heavy (non-hydrogen) atoms. The number of aromatic nitrogens is 4. The molecule has 2 N–H and O–H groups in total. The molecule has 4 rings (SSSR count). The molecule has 2 aromatic rings. The highest BCUT2D eigenvalue weighted by Crippen LogP contribution is 2.17. The minimum Gasteiger partial charge on any atom is -0.390 e. The van der Waals surface area contributed by atoms with Crippen LogP contribution >= 0.6 is 0 Å². The van der Waals surface area contributed by atoms with Gasteiger partial charge < -0.3 is 19.7 Å². The number of β-amino-alcohol motifs (C(OH)–C–C–N with tert-alkyl or cyclic N) is 1. The van der Waals surface area contributed by atoms with E-state index in [-0.39, 0.29) is 12.5 Å². The molecule has 150 valence electrons. The van der Waals surface area contributed by atoms with Crippen LogP contribution in [0.4, 0.5) is 0 Å². The number of aryl methyl sites for hydroxylation is 1. The van der Waals surface area contributed by atoms with Crippen molar-refractivity contribution in [1.29, 1.82) is 0 Å². The molecule has 2 aromatic heterocycles. The number of carbonyl (C=O) groups is 1. The van der Waals surface area contributed by atoms with Gasteiger partial charge in [-0.25, -0.2) is 15.0 Å². The summed E-state index contributed by atoms with van der Waals surface area (Å²) in [6, 6.07) is 1.72. The number of ether oxygens (including phenoxy) is 1. The van der Waals surface area contributed by atoms with E-state index in [1.165, 1.54) is 12.0 Å². The van der Waals surface area contributed by atoms with Crippen molar-refractivity contribution in [3.05, 3.63) is 41.5 Å². The van der Waals surface area contributed by atoms with Crippen molar-refractivity contribution >= 4 is 5.91 Å². The quantitative estimate of drug-likeness (QED) is 0.664. The third kappa shape index (κ3) is 4.37. The molecule has 2 aliphatic rings. The number of carbonyl (C=O) groups excluding carboxylic acids is 1. The largest absolute Gasteiger partial charge is 0.390 e. The fourth-order valence-electron chi connectivity index (χ4n) is 3.62. The molecule has 0 bridgehead atoms. The van der Waals surface area contributed by atoms with Crippen LogP contribution < -0.4 is 5.32 Å². The van der Waals surface area contributed by atoms with Gasteiger partial charge in [0, 0.05) is 51.3 Å². The van der Waals surface area contributed by atoms with Gasteiger partial charge in [-0.2, -0.15) is 0 Å². The average Bonchev–Trinajstić information content (AvgIpc) is 3.03. The summed E-state index contributed by atoms with van der Waals surface area (Å²) in [7, 11) is 1.99. The summed E-state index contributed by atoms with van der Waals surface area (Å²) in [5, 5.41) is 13.1. The van der Waals surface area contributed by atoms with E-state index in [9.17, 15) is 9.90 Å². The van der Waals surface area contributed by atoms with Crippen LogP contribution in [0.1, 0.15) is 27.6 Å². The van der Waals surface area contributed by atoms with Crippen LogP contribution in [-0.2, 0) is 31.2 Å². The number of nitrogens with one attached hydrogen (secondary N) is 1. The summed E-state index contributed by atoms with van der Waals surface area (Å²) in [4.78, 5) is 27.2. The highest BCUT2D eigenvalue weighted by atomic mass is 16.5. The summed E-state index contributed by atoms with van der Waals surface area (Å²) < 4.78 is 7.20. The zero-order chi connectivity index (χ0) is 19.5. The van der Waals surface area contributed by atoms with Crippen LogP contribution in [0, 0.1) is 5.92 Å². The molecule has 9 nitrogen and oxygen atoms in total. The smallest absolute Gasteiger partial charge is 0.270 e. The monoisotopic (exact) mass is 386 g/mol. The molecule has 0 saturated carbocycles. The number of hydrogen-bond acceptors (Lipinski definition) is 7. The molecule has 0 radical (unpaired) electrons. The second-order valence-corrected chi connectivity index (χ2v) is 7.60. The first kappa shape index (κ1) is 19.0. The van der Waals surface area contributed by atoms with E-state index in [0.717, 1.165) is 50.5 Å². The lowest BCUT2D eigenvalue weighted by molar-refractivity contribution is -0.0316. The Labute approximate surface area is 163 Å². The minimum atomic E-state index is -0.646. The Balaban J connectivity index is 1.25. The van der Waals surface area contributed by atoms with E-state index in [4.69, 9.17) is 4.74 Å². The van der Waals surface area contributed by atoms with E-state index in [2.05, 4.69) is 25.2 Å².